The third-order valence-corrected chi connectivity index (χ3v) is 6.09. The van der Waals surface area contributed by atoms with Crippen LogP contribution in [-0.4, -0.2) is 36.7 Å². The van der Waals surface area contributed by atoms with Crippen molar-refractivity contribution in [2.45, 2.75) is 25.5 Å². The number of amides is 1. The maximum Gasteiger partial charge on any atom is 0.243 e. The van der Waals surface area contributed by atoms with E-state index in [0.717, 1.165) is 5.56 Å². The van der Waals surface area contributed by atoms with E-state index in [1.807, 2.05) is 0 Å². The van der Waals surface area contributed by atoms with Gasteiger partial charge >= 0.3 is 0 Å². The quantitative estimate of drug-likeness (QED) is 0.752. The number of methoxy groups -OCH3 is 1. The van der Waals surface area contributed by atoms with Crippen molar-refractivity contribution in [3.63, 3.8) is 0 Å². The maximum absolute atomic E-state index is 12.9. The van der Waals surface area contributed by atoms with Crippen molar-refractivity contribution in [2.75, 3.05) is 17.1 Å². The van der Waals surface area contributed by atoms with Gasteiger partial charge in [0.25, 0.3) is 0 Å². The van der Waals surface area contributed by atoms with Gasteiger partial charge in [-0.3, -0.25) is 14.5 Å². The molecule has 0 fully saturated rings. The molecule has 2 aromatic heterocycles. The highest BCUT2D eigenvalue weighted by Gasteiger charge is 2.31. The average molecular weight is 414 g/mol. The Morgan fingerprint density at radius 3 is 2.76 bits per heavy atom. The van der Waals surface area contributed by atoms with Crippen molar-refractivity contribution in [2.24, 2.45) is 0 Å². The van der Waals surface area contributed by atoms with Gasteiger partial charge in [0.15, 0.2) is 0 Å². The van der Waals surface area contributed by atoms with Crippen LogP contribution >= 0.6 is 0 Å². The summed E-state index contributed by atoms with van der Waals surface area (Å²) in [5.74, 6) is 0.561. The third kappa shape index (κ3) is 4.80. The van der Waals surface area contributed by atoms with Gasteiger partial charge in [-0.15, -0.1) is 0 Å². The van der Waals surface area contributed by atoms with Crippen LogP contribution in [0.3, 0.4) is 0 Å². The Kier molecular flexibility index (Phi) is 5.97. The normalized spacial score (nSPS) is 16.1. The lowest BCUT2D eigenvalue weighted by atomic mass is 10.1. The van der Waals surface area contributed by atoms with Gasteiger partial charge in [-0.1, -0.05) is 12.2 Å². The number of pyridine rings is 2. The summed E-state index contributed by atoms with van der Waals surface area (Å²) >= 11 is 0. The number of hydrogen-bond acceptors (Lipinski definition) is 6. The number of nitrogens with one attached hydrogen (secondary N) is 2. The van der Waals surface area contributed by atoms with Gasteiger partial charge in [0.2, 0.25) is 15.9 Å². The Balaban J connectivity index is 1.91. The van der Waals surface area contributed by atoms with E-state index in [1.165, 1.54) is 14.0 Å². The molecule has 0 bridgehead atoms. The van der Waals surface area contributed by atoms with Crippen molar-refractivity contribution in [3.05, 3.63) is 60.3 Å². The second kappa shape index (κ2) is 8.44. The molecule has 0 aliphatic heterocycles. The number of sulfonamides is 1. The Morgan fingerprint density at radius 1 is 1.24 bits per heavy atom. The van der Waals surface area contributed by atoms with E-state index in [4.69, 9.17) is 4.74 Å². The van der Waals surface area contributed by atoms with Crippen LogP contribution < -0.4 is 10.0 Å². The predicted octanol–water partition coefficient (Wildman–Crippen LogP) is 3.01. The summed E-state index contributed by atoms with van der Waals surface area (Å²) in [6.07, 6.45) is 8.74. The zero-order valence-electron chi connectivity index (χ0n) is 16.3. The van der Waals surface area contributed by atoms with Crippen molar-refractivity contribution < 1.29 is 17.9 Å². The average Bonchev–Trinajstić information content (AvgIpc) is 2.69. The van der Waals surface area contributed by atoms with E-state index in [9.17, 15) is 13.2 Å². The molecule has 0 radical (unpaired) electrons. The Morgan fingerprint density at radius 2 is 2.03 bits per heavy atom. The number of allylic oxidation sites excluding steroid dienone is 3. The summed E-state index contributed by atoms with van der Waals surface area (Å²) in [4.78, 5) is 19.7. The third-order valence-electron chi connectivity index (χ3n) is 4.41. The van der Waals surface area contributed by atoms with Crippen LogP contribution in [0.15, 0.2) is 54.6 Å². The van der Waals surface area contributed by atoms with E-state index in [0.29, 0.717) is 34.9 Å². The summed E-state index contributed by atoms with van der Waals surface area (Å²) in [6.45, 7) is 3.13. The molecule has 2 N–H and O–H groups in total. The van der Waals surface area contributed by atoms with Crippen LogP contribution in [0.25, 0.3) is 11.1 Å². The fraction of sp³-hybridized carbons (Fsp3) is 0.250. The monoisotopic (exact) mass is 414 g/mol. The molecule has 0 saturated carbocycles. The van der Waals surface area contributed by atoms with E-state index in [1.54, 1.807) is 55.7 Å². The Hall–Kier alpha value is -3.20. The molecule has 1 atom stereocenters. The number of carbonyl (C=O) groups is 1. The van der Waals surface area contributed by atoms with E-state index < -0.39 is 15.3 Å². The molecule has 152 valence electrons. The fourth-order valence-electron chi connectivity index (χ4n) is 2.95. The number of anilines is 2. The van der Waals surface area contributed by atoms with E-state index >= 15 is 0 Å². The number of aryl methyl sites for hydroxylation is 1. The molecule has 9 heteroatoms. The lowest BCUT2D eigenvalue weighted by Crippen LogP contribution is -2.31. The largest absolute Gasteiger partial charge is 0.500 e. The second-order valence-electron chi connectivity index (χ2n) is 6.54. The number of carbonyl (C=O) groups excluding carboxylic acids is 1. The van der Waals surface area contributed by atoms with E-state index in [-0.39, 0.29) is 5.91 Å². The van der Waals surface area contributed by atoms with Gasteiger partial charge in [0, 0.05) is 24.9 Å². The molecule has 3 rings (SSSR count). The van der Waals surface area contributed by atoms with Gasteiger partial charge in [0.05, 0.1) is 18.5 Å². The Bertz CT molecular complexity index is 1090. The SMILES string of the molecule is COC1=CC=CCC1S(=O)(=O)Nc1cc(-c2ccnc(NC(C)=O)c2)cnc1C. The second-order valence-corrected chi connectivity index (χ2v) is 8.40. The first-order valence-electron chi connectivity index (χ1n) is 8.93. The summed E-state index contributed by atoms with van der Waals surface area (Å²) < 4.78 is 33.8. The molecular weight excluding hydrogens is 392 g/mol. The first kappa shape index (κ1) is 20.5. The van der Waals surface area contributed by atoms with Crippen LogP contribution in [-0.2, 0) is 19.6 Å². The molecular formula is C20H22N4O4S. The van der Waals surface area contributed by atoms with Gasteiger partial charge < -0.3 is 10.1 Å². The minimum Gasteiger partial charge on any atom is -0.500 e. The van der Waals surface area contributed by atoms with Crippen LogP contribution in [0.4, 0.5) is 11.5 Å². The lowest BCUT2D eigenvalue weighted by Gasteiger charge is -2.22. The molecule has 1 unspecified atom stereocenters. The summed E-state index contributed by atoms with van der Waals surface area (Å²) in [7, 11) is -2.29. The van der Waals surface area contributed by atoms with Crippen LogP contribution in [0.2, 0.25) is 0 Å². The van der Waals surface area contributed by atoms with Gasteiger partial charge in [0.1, 0.15) is 16.8 Å². The van der Waals surface area contributed by atoms with Crippen LogP contribution in [0.1, 0.15) is 19.0 Å². The summed E-state index contributed by atoms with van der Waals surface area (Å²) in [5, 5.41) is 1.81. The zero-order valence-corrected chi connectivity index (χ0v) is 17.2. The highest BCUT2D eigenvalue weighted by Crippen LogP contribution is 2.28. The molecule has 2 heterocycles. The number of aromatic nitrogens is 2. The van der Waals surface area contributed by atoms with Crippen LogP contribution in [0, 0.1) is 6.92 Å². The van der Waals surface area contributed by atoms with Gasteiger partial charge in [-0.25, -0.2) is 13.4 Å². The van der Waals surface area contributed by atoms with Gasteiger partial charge in [-0.05, 0) is 43.2 Å². The first-order valence-corrected chi connectivity index (χ1v) is 10.5. The zero-order chi connectivity index (χ0) is 21.0. The number of hydrogen-bond donors (Lipinski definition) is 2. The van der Waals surface area contributed by atoms with Gasteiger partial charge in [-0.2, -0.15) is 0 Å². The Labute approximate surface area is 169 Å². The molecule has 2 aromatic rings. The standard InChI is InChI=1S/C20H22N4O4S/c1-13-17(24-29(26,27)19-7-5-4-6-18(19)28-3)10-16(12-22-13)15-8-9-21-20(11-15)23-14(2)25/h4-6,8-12,19,24H,7H2,1-3H3,(H,21,23,25). The minimum absolute atomic E-state index is 0.228. The first-order chi connectivity index (χ1) is 13.8. The highest BCUT2D eigenvalue weighted by atomic mass is 32.2. The van der Waals surface area contributed by atoms with Crippen molar-refractivity contribution in [3.8, 4) is 11.1 Å². The topological polar surface area (TPSA) is 110 Å². The summed E-state index contributed by atoms with van der Waals surface area (Å²) in [6, 6.07) is 5.17. The number of nitrogens with zero attached hydrogens (tertiary/aromatic N) is 2. The van der Waals surface area contributed by atoms with Crippen molar-refractivity contribution in [1.82, 2.24) is 9.97 Å². The molecule has 1 amide bonds. The van der Waals surface area contributed by atoms with E-state index in [2.05, 4.69) is 20.0 Å². The van der Waals surface area contributed by atoms with Crippen LogP contribution in [0.5, 0.6) is 0 Å². The molecule has 0 spiro atoms. The molecule has 1 aliphatic carbocycles. The predicted molar refractivity (Wildman–Crippen MR) is 112 cm³/mol. The molecule has 1 aliphatic rings. The minimum atomic E-state index is -3.75. The highest BCUT2D eigenvalue weighted by molar-refractivity contribution is 7.93. The fourth-order valence-corrected chi connectivity index (χ4v) is 4.45. The molecule has 8 nitrogen and oxygen atoms in total. The van der Waals surface area contributed by atoms with Crippen molar-refractivity contribution >= 4 is 27.4 Å². The number of ether oxygens (including phenoxy) is 1. The molecule has 29 heavy (non-hydrogen) atoms. The van der Waals surface area contributed by atoms with Crippen molar-refractivity contribution in [1.29, 1.82) is 0 Å². The number of rotatable bonds is 6. The maximum atomic E-state index is 12.9. The lowest BCUT2D eigenvalue weighted by molar-refractivity contribution is -0.114. The summed E-state index contributed by atoms with van der Waals surface area (Å²) in [5.41, 5.74) is 2.36. The molecule has 0 aromatic carbocycles. The molecule has 0 saturated heterocycles. The smallest absolute Gasteiger partial charge is 0.243 e.